The van der Waals surface area contributed by atoms with Gasteiger partial charge in [-0.15, -0.1) is 0 Å². The Hall–Kier alpha value is -1.93. The Morgan fingerprint density at radius 3 is 2.11 bits per heavy atom. The van der Waals surface area contributed by atoms with Gasteiger partial charge < -0.3 is 14.7 Å². The Morgan fingerprint density at radius 2 is 1.66 bits per heavy atom. The molecule has 3 atom stereocenters. The summed E-state index contributed by atoms with van der Waals surface area (Å²) in [4.78, 5) is 23.3. The zero-order valence-corrected chi connectivity index (χ0v) is 23.0. The van der Waals surface area contributed by atoms with Gasteiger partial charge >= 0.3 is 0 Å². The summed E-state index contributed by atoms with van der Waals surface area (Å²) in [6, 6.07) is 16.8. The van der Waals surface area contributed by atoms with Gasteiger partial charge in [0.1, 0.15) is 6.61 Å². The molecule has 2 aromatic rings. The van der Waals surface area contributed by atoms with E-state index < -0.39 is 16.8 Å². The van der Waals surface area contributed by atoms with Gasteiger partial charge in [-0.1, -0.05) is 80.7 Å². The van der Waals surface area contributed by atoms with Crippen LogP contribution in [0, 0.1) is 0 Å². The molecule has 2 aromatic carbocycles. The second-order valence-electron chi connectivity index (χ2n) is 8.23. The Morgan fingerprint density at radius 1 is 1.11 bits per heavy atom. The largest absolute Gasteiger partial charge is 0.481 e. The van der Waals surface area contributed by atoms with Gasteiger partial charge in [-0.3, -0.25) is 13.8 Å². The molecular formula is C26H35Cl2NO5S. The van der Waals surface area contributed by atoms with Crippen molar-refractivity contribution in [3.63, 3.8) is 0 Å². The summed E-state index contributed by atoms with van der Waals surface area (Å²) < 4.78 is 18.1. The van der Waals surface area contributed by atoms with Crippen LogP contribution in [0.25, 0.3) is 0 Å². The zero-order chi connectivity index (χ0) is 26.4. The van der Waals surface area contributed by atoms with Crippen molar-refractivity contribution >= 4 is 45.9 Å². The number of halogens is 2. The van der Waals surface area contributed by atoms with E-state index in [1.165, 1.54) is 0 Å². The molecule has 3 unspecified atom stereocenters. The van der Waals surface area contributed by atoms with Crippen molar-refractivity contribution in [2.75, 3.05) is 19.8 Å². The Kier molecular flexibility index (Phi) is 14.8. The molecule has 1 aliphatic heterocycles. The minimum absolute atomic E-state index is 0.00755. The van der Waals surface area contributed by atoms with Crippen LogP contribution in [-0.2, 0) is 25.1 Å². The fraction of sp³-hybridized carbons (Fsp3) is 0.462. The van der Waals surface area contributed by atoms with E-state index >= 15 is 0 Å². The average Bonchev–Trinajstić information content (AvgIpc) is 2.80. The second-order valence-corrected chi connectivity index (χ2v) is 11.4. The molecule has 0 saturated carbocycles. The molecule has 1 heterocycles. The first-order valence-corrected chi connectivity index (χ1v) is 13.5. The van der Waals surface area contributed by atoms with Crippen LogP contribution in [0.15, 0.2) is 54.6 Å². The zero-order valence-electron chi connectivity index (χ0n) is 20.7. The number of nitrogens with zero attached hydrogens (tertiary/aromatic N) is 1. The number of carboxylic acids is 1. The van der Waals surface area contributed by atoms with Crippen molar-refractivity contribution in [2.45, 2.75) is 57.1 Å². The van der Waals surface area contributed by atoms with Crippen LogP contribution >= 0.6 is 23.2 Å². The number of aliphatic carboxylic acids is 1. The van der Waals surface area contributed by atoms with E-state index in [1.807, 2.05) is 73.3 Å². The predicted octanol–water partition coefficient (Wildman–Crippen LogP) is 6.00. The fourth-order valence-corrected chi connectivity index (χ4v) is 5.23. The molecule has 0 aliphatic carbocycles. The molecule has 1 fully saturated rings. The van der Waals surface area contributed by atoms with Gasteiger partial charge in [0.15, 0.2) is 0 Å². The van der Waals surface area contributed by atoms with E-state index in [9.17, 15) is 9.00 Å². The molecule has 35 heavy (non-hydrogen) atoms. The second kappa shape index (κ2) is 16.7. The van der Waals surface area contributed by atoms with E-state index in [2.05, 4.69) is 6.92 Å². The maximum atomic E-state index is 12.6. The van der Waals surface area contributed by atoms with E-state index in [4.69, 9.17) is 37.8 Å². The first kappa shape index (κ1) is 31.1. The number of hydrogen-bond acceptors (Lipinski definition) is 4. The highest BCUT2D eigenvalue weighted by atomic mass is 35.5. The fourth-order valence-electron chi connectivity index (χ4n) is 3.42. The quantitative estimate of drug-likeness (QED) is 0.463. The number of carbonyl (C=O) groups excluding carboxylic acids is 1. The highest BCUT2D eigenvalue weighted by molar-refractivity contribution is 7.86. The smallest absolute Gasteiger partial charge is 0.300 e. The van der Waals surface area contributed by atoms with Crippen molar-refractivity contribution in [1.82, 2.24) is 4.90 Å². The Bertz CT molecular complexity index is 921. The SMILES string of the molecule is CC(=O)O.CCCC(CN1C(=O)COCC1c1ccc(Cl)cc1)S(=O)C(C)C.Clc1ccccc1. The molecule has 1 amide bonds. The van der Waals surface area contributed by atoms with Crippen molar-refractivity contribution in [3.05, 3.63) is 70.2 Å². The van der Waals surface area contributed by atoms with E-state index in [-0.39, 0.29) is 29.1 Å². The summed E-state index contributed by atoms with van der Waals surface area (Å²) >= 11 is 11.5. The van der Waals surface area contributed by atoms with Crippen LogP contribution in [0.4, 0.5) is 0 Å². The van der Waals surface area contributed by atoms with Crippen LogP contribution in [0.2, 0.25) is 10.0 Å². The van der Waals surface area contributed by atoms with Gasteiger partial charge in [0, 0.05) is 39.6 Å². The lowest BCUT2D eigenvalue weighted by molar-refractivity contribution is -0.148. The first-order valence-electron chi connectivity index (χ1n) is 11.5. The van der Waals surface area contributed by atoms with Gasteiger partial charge in [-0.2, -0.15) is 0 Å². The molecular weight excluding hydrogens is 509 g/mol. The maximum absolute atomic E-state index is 12.6. The van der Waals surface area contributed by atoms with Crippen molar-refractivity contribution in [3.8, 4) is 0 Å². The van der Waals surface area contributed by atoms with Crippen LogP contribution in [0.3, 0.4) is 0 Å². The molecule has 1 saturated heterocycles. The van der Waals surface area contributed by atoms with Crippen LogP contribution < -0.4 is 0 Å². The summed E-state index contributed by atoms with van der Waals surface area (Å²) in [5.41, 5.74) is 0.998. The number of morpholine rings is 1. The van der Waals surface area contributed by atoms with Crippen LogP contribution in [-0.4, -0.2) is 56.4 Å². The summed E-state index contributed by atoms with van der Waals surface area (Å²) in [5, 5.41) is 8.96. The molecule has 3 rings (SSSR count). The lowest BCUT2D eigenvalue weighted by Gasteiger charge is -2.38. The molecule has 0 bridgehead atoms. The third-order valence-electron chi connectivity index (χ3n) is 4.99. The number of hydrogen-bond donors (Lipinski definition) is 1. The third-order valence-corrected chi connectivity index (χ3v) is 7.46. The summed E-state index contributed by atoms with van der Waals surface area (Å²) in [6.45, 7) is 8.17. The van der Waals surface area contributed by atoms with E-state index in [1.54, 1.807) is 0 Å². The summed E-state index contributed by atoms with van der Waals surface area (Å²) in [7, 11) is -0.957. The number of rotatable bonds is 7. The van der Waals surface area contributed by atoms with Crippen LogP contribution in [0.5, 0.6) is 0 Å². The summed E-state index contributed by atoms with van der Waals surface area (Å²) in [5.74, 6) is -0.872. The Labute approximate surface area is 221 Å². The van der Waals surface area contributed by atoms with Crippen molar-refractivity contribution < 1.29 is 23.6 Å². The topological polar surface area (TPSA) is 83.9 Å². The maximum Gasteiger partial charge on any atom is 0.300 e. The molecule has 1 aliphatic rings. The van der Waals surface area contributed by atoms with Crippen LogP contribution in [0.1, 0.15) is 52.1 Å². The first-order chi connectivity index (χ1) is 16.6. The summed E-state index contributed by atoms with van der Waals surface area (Å²) in [6.07, 6.45) is 1.80. The molecule has 9 heteroatoms. The average molecular weight is 545 g/mol. The van der Waals surface area contributed by atoms with E-state index in [0.29, 0.717) is 18.2 Å². The lowest BCUT2D eigenvalue weighted by atomic mass is 10.0. The lowest BCUT2D eigenvalue weighted by Crippen LogP contribution is -2.48. The van der Waals surface area contributed by atoms with Gasteiger partial charge in [-0.25, -0.2) is 0 Å². The predicted molar refractivity (Wildman–Crippen MR) is 143 cm³/mol. The molecule has 1 N–H and O–H groups in total. The van der Waals surface area contributed by atoms with Crippen molar-refractivity contribution in [2.24, 2.45) is 0 Å². The van der Waals surface area contributed by atoms with Gasteiger partial charge in [0.05, 0.1) is 17.9 Å². The highest BCUT2D eigenvalue weighted by Crippen LogP contribution is 2.27. The van der Waals surface area contributed by atoms with Gasteiger partial charge in [-0.05, 0) is 36.2 Å². The number of amides is 1. The number of ether oxygens (including phenoxy) is 1. The molecule has 6 nitrogen and oxygen atoms in total. The molecule has 0 radical (unpaired) electrons. The van der Waals surface area contributed by atoms with Gasteiger partial charge in [0.2, 0.25) is 5.91 Å². The number of carboxylic acid groups (broad SMARTS) is 1. The minimum Gasteiger partial charge on any atom is -0.481 e. The Balaban J connectivity index is 0.000000458. The number of benzene rings is 2. The third kappa shape index (κ3) is 12.0. The van der Waals surface area contributed by atoms with Gasteiger partial charge in [0.25, 0.3) is 5.97 Å². The monoisotopic (exact) mass is 543 g/mol. The molecule has 194 valence electrons. The molecule has 0 aromatic heterocycles. The normalized spacial score (nSPS) is 16.9. The molecule has 0 spiro atoms. The van der Waals surface area contributed by atoms with Crippen molar-refractivity contribution in [1.29, 1.82) is 0 Å². The van der Waals surface area contributed by atoms with E-state index in [0.717, 1.165) is 30.4 Å². The standard InChI is InChI=1S/C18H26ClNO3S.C6H5Cl.C2H4O2/c1-4-5-16(24(22)13(2)3)10-20-17(11-23-12-18(20)21)14-6-8-15(19)9-7-14;7-6-4-2-1-3-5-6;1-2(3)4/h6-9,13,16-17H,4-5,10-12H2,1-3H3;1-5H;1H3,(H,3,4). The minimum atomic E-state index is -0.957. The highest BCUT2D eigenvalue weighted by Gasteiger charge is 2.33. The number of carbonyl (C=O) groups is 2.